The topological polar surface area (TPSA) is 52.6 Å². The molecule has 1 aliphatic rings. The van der Waals surface area contributed by atoms with Crippen molar-refractivity contribution in [1.82, 2.24) is 10.2 Å². The molecule has 0 unspecified atom stereocenters. The maximum absolute atomic E-state index is 13.6. The summed E-state index contributed by atoms with van der Waals surface area (Å²) in [4.78, 5) is 14.2. The third-order valence-corrected chi connectivity index (χ3v) is 4.28. The van der Waals surface area contributed by atoms with Crippen LogP contribution in [0.5, 0.6) is 5.75 Å². The quantitative estimate of drug-likeness (QED) is 0.888. The van der Waals surface area contributed by atoms with E-state index in [1.54, 1.807) is 0 Å². The van der Waals surface area contributed by atoms with E-state index in [0.717, 1.165) is 25.7 Å². The minimum atomic E-state index is -0.701. The Hall–Kier alpha value is -1.62. The first-order valence-corrected chi connectivity index (χ1v) is 6.89. The summed E-state index contributed by atoms with van der Waals surface area (Å²) in [6.07, 6.45) is 4.31. The second-order valence-electron chi connectivity index (χ2n) is 5.64. The highest BCUT2D eigenvalue weighted by Crippen LogP contribution is 2.33. The van der Waals surface area contributed by atoms with Gasteiger partial charge in [0.15, 0.2) is 0 Å². The van der Waals surface area contributed by atoms with Gasteiger partial charge in [-0.2, -0.15) is 0 Å². The van der Waals surface area contributed by atoms with Crippen molar-refractivity contribution in [2.75, 3.05) is 20.6 Å². The van der Waals surface area contributed by atoms with Gasteiger partial charge < -0.3 is 15.3 Å². The molecule has 4 nitrogen and oxygen atoms in total. The number of phenolic OH excluding ortho intramolecular Hbond substituents is 1. The lowest BCUT2D eigenvalue weighted by atomic mass is 9.96. The molecule has 1 saturated carbocycles. The van der Waals surface area contributed by atoms with Gasteiger partial charge in [0.2, 0.25) is 0 Å². The smallest absolute Gasteiger partial charge is 0.258 e. The Morgan fingerprint density at radius 2 is 2.05 bits per heavy atom. The number of nitrogens with one attached hydrogen (secondary N) is 1. The number of hydrogen-bond donors (Lipinski definition) is 2. The Morgan fingerprint density at radius 1 is 1.40 bits per heavy atom. The van der Waals surface area contributed by atoms with Crippen molar-refractivity contribution in [3.63, 3.8) is 0 Å². The van der Waals surface area contributed by atoms with E-state index in [-0.39, 0.29) is 16.9 Å². The Morgan fingerprint density at radius 3 is 2.60 bits per heavy atom. The zero-order valence-electron chi connectivity index (χ0n) is 11.9. The monoisotopic (exact) mass is 280 g/mol. The van der Waals surface area contributed by atoms with Crippen LogP contribution < -0.4 is 5.32 Å². The molecule has 0 atom stereocenters. The normalized spacial score (nSPS) is 17.4. The number of carbonyl (C=O) groups is 1. The molecule has 0 aromatic heterocycles. The van der Waals surface area contributed by atoms with E-state index < -0.39 is 11.7 Å². The fourth-order valence-electron chi connectivity index (χ4n) is 2.89. The summed E-state index contributed by atoms with van der Waals surface area (Å²) in [6, 6.07) is 3.86. The molecule has 2 rings (SSSR count). The first-order chi connectivity index (χ1) is 9.46. The molecule has 0 saturated heterocycles. The number of nitrogens with zero attached hydrogens (tertiary/aromatic N) is 1. The molecule has 1 amide bonds. The highest BCUT2D eigenvalue weighted by atomic mass is 19.1. The molecular weight excluding hydrogens is 259 g/mol. The lowest BCUT2D eigenvalue weighted by Gasteiger charge is -2.36. The number of benzene rings is 1. The number of rotatable bonds is 4. The molecule has 2 N–H and O–H groups in total. The Balaban J connectivity index is 2.09. The summed E-state index contributed by atoms with van der Waals surface area (Å²) >= 11 is 0. The van der Waals surface area contributed by atoms with Crippen LogP contribution in [0.15, 0.2) is 18.2 Å². The van der Waals surface area contributed by atoms with Crippen LogP contribution in [0.3, 0.4) is 0 Å². The molecule has 1 aromatic rings. The van der Waals surface area contributed by atoms with Crippen molar-refractivity contribution in [3.8, 4) is 5.75 Å². The Labute approximate surface area is 118 Å². The highest BCUT2D eigenvalue weighted by molar-refractivity contribution is 5.97. The molecule has 0 radical (unpaired) electrons. The number of hydrogen-bond acceptors (Lipinski definition) is 3. The second kappa shape index (κ2) is 5.79. The minimum Gasteiger partial charge on any atom is -0.507 e. The van der Waals surface area contributed by atoms with Crippen molar-refractivity contribution in [1.29, 1.82) is 0 Å². The van der Waals surface area contributed by atoms with Crippen LogP contribution in [-0.4, -0.2) is 42.1 Å². The SMILES string of the molecule is CN(C)C1(CNC(=O)c2c(O)cccc2F)CCCC1. The summed E-state index contributed by atoms with van der Waals surface area (Å²) in [7, 11) is 4.00. The van der Waals surface area contributed by atoms with Crippen molar-refractivity contribution < 1.29 is 14.3 Å². The number of carbonyl (C=O) groups excluding carboxylic acids is 1. The number of halogens is 1. The molecule has 0 aliphatic heterocycles. The molecule has 1 fully saturated rings. The van der Waals surface area contributed by atoms with Gasteiger partial charge in [-0.3, -0.25) is 4.79 Å². The van der Waals surface area contributed by atoms with Gasteiger partial charge >= 0.3 is 0 Å². The molecule has 1 aromatic carbocycles. The van der Waals surface area contributed by atoms with Crippen molar-refractivity contribution in [2.24, 2.45) is 0 Å². The fraction of sp³-hybridized carbons (Fsp3) is 0.533. The maximum atomic E-state index is 13.6. The van der Waals surface area contributed by atoms with Gasteiger partial charge in [0.25, 0.3) is 5.91 Å². The molecule has 0 bridgehead atoms. The summed E-state index contributed by atoms with van der Waals surface area (Å²) in [5, 5.41) is 12.4. The van der Waals surface area contributed by atoms with Crippen LogP contribution in [0, 0.1) is 5.82 Å². The molecule has 110 valence electrons. The van der Waals surface area contributed by atoms with Crippen LogP contribution >= 0.6 is 0 Å². The summed E-state index contributed by atoms with van der Waals surface area (Å²) in [5.74, 6) is -1.59. The van der Waals surface area contributed by atoms with Gasteiger partial charge in [-0.15, -0.1) is 0 Å². The van der Waals surface area contributed by atoms with E-state index in [0.29, 0.717) is 6.54 Å². The van der Waals surface area contributed by atoms with Gasteiger partial charge in [0.05, 0.1) is 0 Å². The van der Waals surface area contributed by atoms with Crippen LogP contribution in [0.25, 0.3) is 0 Å². The Bertz CT molecular complexity index is 476. The zero-order chi connectivity index (χ0) is 14.8. The van der Waals surface area contributed by atoms with Gasteiger partial charge in [0, 0.05) is 12.1 Å². The first-order valence-electron chi connectivity index (χ1n) is 6.89. The van der Waals surface area contributed by atoms with Crippen molar-refractivity contribution >= 4 is 5.91 Å². The number of likely N-dealkylation sites (N-methyl/N-ethyl adjacent to an activating group) is 1. The number of amides is 1. The third kappa shape index (κ3) is 2.77. The molecule has 0 heterocycles. The standard InChI is InChI=1S/C15H21FN2O2/c1-18(2)15(8-3-4-9-15)10-17-14(20)13-11(16)6-5-7-12(13)19/h5-7,19H,3-4,8-10H2,1-2H3,(H,17,20). The molecule has 20 heavy (non-hydrogen) atoms. The molecule has 0 spiro atoms. The van der Waals surface area contributed by atoms with Gasteiger partial charge in [-0.25, -0.2) is 4.39 Å². The van der Waals surface area contributed by atoms with Crippen LogP contribution in [0.4, 0.5) is 4.39 Å². The predicted octanol–water partition coefficient (Wildman–Crippen LogP) is 2.14. The summed E-state index contributed by atoms with van der Waals surface area (Å²) in [5.41, 5.74) is -0.337. The number of phenols is 1. The van der Waals surface area contributed by atoms with Gasteiger partial charge in [-0.1, -0.05) is 18.9 Å². The van der Waals surface area contributed by atoms with E-state index in [4.69, 9.17) is 0 Å². The van der Waals surface area contributed by atoms with Crippen molar-refractivity contribution in [2.45, 2.75) is 31.2 Å². The summed E-state index contributed by atoms with van der Waals surface area (Å²) in [6.45, 7) is 0.465. The van der Waals surface area contributed by atoms with E-state index in [2.05, 4.69) is 10.2 Å². The van der Waals surface area contributed by atoms with Gasteiger partial charge in [-0.05, 0) is 39.1 Å². The minimum absolute atomic E-state index is 0.0590. The summed E-state index contributed by atoms with van der Waals surface area (Å²) < 4.78 is 13.6. The lowest BCUT2D eigenvalue weighted by molar-refractivity contribution is 0.0893. The highest BCUT2D eigenvalue weighted by Gasteiger charge is 2.36. The van der Waals surface area contributed by atoms with Crippen LogP contribution in [0.2, 0.25) is 0 Å². The maximum Gasteiger partial charge on any atom is 0.258 e. The first kappa shape index (κ1) is 14.8. The lowest BCUT2D eigenvalue weighted by Crippen LogP contribution is -2.50. The largest absolute Gasteiger partial charge is 0.507 e. The number of aromatic hydroxyl groups is 1. The van der Waals surface area contributed by atoms with E-state index in [1.807, 2.05) is 14.1 Å². The molecule has 5 heteroatoms. The van der Waals surface area contributed by atoms with Crippen molar-refractivity contribution in [3.05, 3.63) is 29.6 Å². The average molecular weight is 280 g/mol. The van der Waals surface area contributed by atoms with E-state index in [9.17, 15) is 14.3 Å². The molecular formula is C15H21FN2O2. The second-order valence-corrected chi connectivity index (χ2v) is 5.64. The van der Waals surface area contributed by atoms with Crippen LogP contribution in [0.1, 0.15) is 36.0 Å². The fourth-order valence-corrected chi connectivity index (χ4v) is 2.89. The predicted molar refractivity (Wildman–Crippen MR) is 75.3 cm³/mol. The average Bonchev–Trinajstić information content (AvgIpc) is 2.86. The van der Waals surface area contributed by atoms with Crippen LogP contribution in [-0.2, 0) is 0 Å². The third-order valence-electron chi connectivity index (χ3n) is 4.28. The molecule has 1 aliphatic carbocycles. The Kier molecular flexibility index (Phi) is 4.28. The van der Waals surface area contributed by atoms with E-state index >= 15 is 0 Å². The zero-order valence-corrected chi connectivity index (χ0v) is 11.9. The van der Waals surface area contributed by atoms with Gasteiger partial charge in [0.1, 0.15) is 17.1 Å². The van der Waals surface area contributed by atoms with E-state index in [1.165, 1.54) is 18.2 Å².